The van der Waals surface area contributed by atoms with Crippen LogP contribution in [0, 0.1) is 12.7 Å². The molecule has 0 fully saturated rings. The number of aromatic nitrogens is 1. The van der Waals surface area contributed by atoms with E-state index >= 15 is 0 Å². The summed E-state index contributed by atoms with van der Waals surface area (Å²) in [5.41, 5.74) is 1.59. The highest BCUT2D eigenvalue weighted by Crippen LogP contribution is 2.13. The van der Waals surface area contributed by atoms with Crippen molar-refractivity contribution in [3.05, 3.63) is 65.1 Å². The largest absolute Gasteiger partial charge is 0.481 e. The Morgan fingerprint density at radius 3 is 2.70 bits per heavy atom. The van der Waals surface area contributed by atoms with Crippen LogP contribution < -0.4 is 4.74 Å². The number of benzene rings is 1. The van der Waals surface area contributed by atoms with Gasteiger partial charge >= 0.3 is 0 Å². The summed E-state index contributed by atoms with van der Waals surface area (Å²) in [4.78, 5) is 15.9. The summed E-state index contributed by atoms with van der Waals surface area (Å²) in [6.07, 6.45) is 4.50. The predicted molar refractivity (Wildman–Crippen MR) is 75.3 cm³/mol. The number of methoxy groups -OCH3 is 1. The monoisotopic (exact) mass is 271 g/mol. The van der Waals surface area contributed by atoms with E-state index in [1.165, 1.54) is 25.3 Å². The van der Waals surface area contributed by atoms with Crippen LogP contribution in [0.1, 0.15) is 21.5 Å². The number of hydrogen-bond acceptors (Lipinski definition) is 3. The van der Waals surface area contributed by atoms with Crippen LogP contribution in [0.25, 0.3) is 6.08 Å². The highest BCUT2D eigenvalue weighted by molar-refractivity contribution is 6.07. The molecule has 4 heteroatoms. The van der Waals surface area contributed by atoms with Gasteiger partial charge in [-0.15, -0.1) is 0 Å². The number of hydrogen-bond donors (Lipinski definition) is 0. The summed E-state index contributed by atoms with van der Waals surface area (Å²) in [6, 6.07) is 8.00. The van der Waals surface area contributed by atoms with E-state index in [9.17, 15) is 9.18 Å². The van der Waals surface area contributed by atoms with Crippen LogP contribution >= 0.6 is 0 Å². The minimum atomic E-state index is -0.507. The number of nitrogens with zero attached hydrogens (tertiary/aromatic N) is 1. The number of aryl methyl sites for hydroxylation is 1. The lowest BCUT2D eigenvalue weighted by Gasteiger charge is -2.00. The number of pyridine rings is 1. The first-order chi connectivity index (χ1) is 9.60. The first kappa shape index (κ1) is 13.9. The molecule has 0 saturated carbocycles. The normalized spacial score (nSPS) is 10.8. The lowest BCUT2D eigenvalue weighted by Crippen LogP contribution is -1.98. The quantitative estimate of drug-likeness (QED) is 0.631. The molecule has 0 aliphatic rings. The molecule has 20 heavy (non-hydrogen) atoms. The van der Waals surface area contributed by atoms with Gasteiger partial charge in [-0.3, -0.25) is 4.79 Å². The first-order valence-electron chi connectivity index (χ1n) is 6.09. The van der Waals surface area contributed by atoms with Crippen molar-refractivity contribution >= 4 is 11.9 Å². The molecule has 2 rings (SSSR count). The molecule has 0 aliphatic heterocycles. The van der Waals surface area contributed by atoms with Gasteiger partial charge in [0.15, 0.2) is 5.78 Å². The number of carbonyl (C=O) groups excluding carboxylic acids is 1. The maximum Gasteiger partial charge on any atom is 0.212 e. The van der Waals surface area contributed by atoms with Crippen molar-refractivity contribution in [1.82, 2.24) is 4.98 Å². The molecule has 0 atom stereocenters. The predicted octanol–water partition coefficient (Wildman–Crippen LogP) is 3.43. The minimum Gasteiger partial charge on any atom is -0.481 e. The van der Waals surface area contributed by atoms with Gasteiger partial charge in [-0.25, -0.2) is 9.37 Å². The van der Waals surface area contributed by atoms with Crippen molar-refractivity contribution in [2.24, 2.45) is 0 Å². The molecule has 0 amide bonds. The summed E-state index contributed by atoms with van der Waals surface area (Å²) in [7, 11) is 1.53. The van der Waals surface area contributed by atoms with E-state index in [-0.39, 0.29) is 11.3 Å². The zero-order chi connectivity index (χ0) is 14.5. The molecule has 2 aromatic rings. The molecule has 0 spiro atoms. The Kier molecular flexibility index (Phi) is 4.25. The standard InChI is InChI=1S/C16H14FNO2/c1-11-3-6-13(14(17)9-11)15(19)7-4-12-5-8-16(20-2)18-10-12/h3-10H,1-2H3. The third-order valence-electron chi connectivity index (χ3n) is 2.79. The third-order valence-corrected chi connectivity index (χ3v) is 2.79. The summed E-state index contributed by atoms with van der Waals surface area (Å²) in [5.74, 6) is -0.385. The van der Waals surface area contributed by atoms with Crippen LogP contribution in [0.2, 0.25) is 0 Å². The molecule has 0 unspecified atom stereocenters. The van der Waals surface area contributed by atoms with Crippen LogP contribution in [-0.2, 0) is 0 Å². The van der Waals surface area contributed by atoms with Gasteiger partial charge in [0.05, 0.1) is 12.7 Å². The number of carbonyl (C=O) groups is 1. The van der Waals surface area contributed by atoms with Gasteiger partial charge in [-0.1, -0.05) is 6.07 Å². The lowest BCUT2D eigenvalue weighted by atomic mass is 10.1. The Morgan fingerprint density at radius 1 is 1.30 bits per heavy atom. The summed E-state index contributed by atoms with van der Waals surface area (Å²) >= 11 is 0. The molecule has 1 aromatic heterocycles. The smallest absolute Gasteiger partial charge is 0.212 e. The van der Waals surface area contributed by atoms with Gasteiger partial charge in [0.25, 0.3) is 0 Å². The number of ketones is 1. The second kappa shape index (κ2) is 6.10. The molecule has 0 saturated heterocycles. The lowest BCUT2D eigenvalue weighted by molar-refractivity contribution is 0.104. The first-order valence-corrected chi connectivity index (χ1v) is 6.09. The van der Waals surface area contributed by atoms with E-state index in [0.717, 1.165) is 11.1 Å². The number of rotatable bonds is 4. The highest BCUT2D eigenvalue weighted by Gasteiger charge is 2.08. The maximum atomic E-state index is 13.6. The minimum absolute atomic E-state index is 0.0633. The molecular formula is C16H14FNO2. The number of halogens is 1. The van der Waals surface area contributed by atoms with Gasteiger partial charge in [0, 0.05) is 12.3 Å². The van der Waals surface area contributed by atoms with Crippen molar-refractivity contribution in [2.45, 2.75) is 6.92 Å². The van der Waals surface area contributed by atoms with Crippen LogP contribution in [0.5, 0.6) is 5.88 Å². The molecule has 0 aliphatic carbocycles. The molecule has 0 bridgehead atoms. The van der Waals surface area contributed by atoms with E-state index in [1.54, 1.807) is 37.4 Å². The molecule has 102 valence electrons. The van der Waals surface area contributed by atoms with Crippen LogP contribution in [0.15, 0.2) is 42.6 Å². The van der Waals surface area contributed by atoms with Gasteiger partial charge in [-0.2, -0.15) is 0 Å². The van der Waals surface area contributed by atoms with Gasteiger partial charge in [-0.05, 0) is 48.4 Å². The van der Waals surface area contributed by atoms with Crippen molar-refractivity contribution < 1.29 is 13.9 Å². The Labute approximate surface area is 116 Å². The zero-order valence-corrected chi connectivity index (χ0v) is 11.3. The average molecular weight is 271 g/mol. The van der Waals surface area contributed by atoms with Crippen molar-refractivity contribution in [2.75, 3.05) is 7.11 Å². The molecule has 0 radical (unpaired) electrons. The fourth-order valence-electron chi connectivity index (χ4n) is 1.69. The van der Waals surface area contributed by atoms with Crippen LogP contribution in [0.4, 0.5) is 4.39 Å². The van der Waals surface area contributed by atoms with Crippen molar-refractivity contribution in [3.63, 3.8) is 0 Å². The Hall–Kier alpha value is -2.49. The van der Waals surface area contributed by atoms with Crippen molar-refractivity contribution in [1.29, 1.82) is 0 Å². The molecule has 1 aromatic carbocycles. The van der Waals surface area contributed by atoms with E-state index in [0.29, 0.717) is 5.88 Å². The maximum absolute atomic E-state index is 13.6. The van der Waals surface area contributed by atoms with Gasteiger partial charge < -0.3 is 4.74 Å². The summed E-state index contributed by atoms with van der Waals surface area (Å²) in [5, 5.41) is 0. The third kappa shape index (κ3) is 3.29. The van der Waals surface area contributed by atoms with Crippen molar-refractivity contribution in [3.8, 4) is 5.88 Å². The SMILES string of the molecule is COc1ccc(C=CC(=O)c2ccc(C)cc2F)cn1. The van der Waals surface area contributed by atoms with Gasteiger partial charge in [0.2, 0.25) is 5.88 Å². The second-order valence-corrected chi connectivity index (χ2v) is 4.31. The fourth-order valence-corrected chi connectivity index (χ4v) is 1.69. The van der Waals surface area contributed by atoms with E-state index in [2.05, 4.69) is 4.98 Å². The fraction of sp³-hybridized carbons (Fsp3) is 0.125. The van der Waals surface area contributed by atoms with Crippen LogP contribution in [-0.4, -0.2) is 17.9 Å². The molecule has 1 heterocycles. The molecule has 3 nitrogen and oxygen atoms in total. The highest BCUT2D eigenvalue weighted by atomic mass is 19.1. The zero-order valence-electron chi connectivity index (χ0n) is 11.3. The van der Waals surface area contributed by atoms with E-state index < -0.39 is 5.82 Å². The topological polar surface area (TPSA) is 39.2 Å². The Morgan fingerprint density at radius 2 is 2.10 bits per heavy atom. The number of allylic oxidation sites excluding steroid dienone is 1. The Balaban J connectivity index is 2.15. The summed E-state index contributed by atoms with van der Waals surface area (Å²) in [6.45, 7) is 1.77. The summed E-state index contributed by atoms with van der Waals surface area (Å²) < 4.78 is 18.6. The average Bonchev–Trinajstić information content (AvgIpc) is 2.45. The van der Waals surface area contributed by atoms with Gasteiger partial charge in [0.1, 0.15) is 5.82 Å². The number of ether oxygens (including phenoxy) is 1. The Bertz CT molecular complexity index is 648. The van der Waals surface area contributed by atoms with E-state index in [1.807, 2.05) is 0 Å². The van der Waals surface area contributed by atoms with Crippen LogP contribution in [0.3, 0.4) is 0 Å². The second-order valence-electron chi connectivity index (χ2n) is 4.31. The molecular weight excluding hydrogens is 257 g/mol. The molecule has 0 N–H and O–H groups in total. The van der Waals surface area contributed by atoms with E-state index in [4.69, 9.17) is 4.74 Å².